The molecule has 0 radical (unpaired) electrons. The van der Waals surface area contributed by atoms with Crippen LogP contribution >= 0.6 is 0 Å². The van der Waals surface area contributed by atoms with Crippen molar-refractivity contribution in [2.45, 2.75) is 13.8 Å². The molecule has 0 aliphatic rings. The standard InChI is InChI=1S/C23H23N3O5/c1-13-19(23(29)31-4)14(2)24-20(13)22(28)25-16-11-9-15(10-12-16)21(27)26-17-7-5-6-8-18(17)30-3/h5-12,24H,1-4H3,(H,25,28)(H,26,27). The van der Waals surface area contributed by atoms with E-state index in [1.807, 2.05) is 6.07 Å². The van der Waals surface area contributed by atoms with E-state index in [0.717, 1.165) is 0 Å². The van der Waals surface area contributed by atoms with E-state index in [0.29, 0.717) is 39.5 Å². The van der Waals surface area contributed by atoms with Crippen LogP contribution in [0.3, 0.4) is 0 Å². The predicted octanol–water partition coefficient (Wildman–Crippen LogP) is 3.93. The van der Waals surface area contributed by atoms with E-state index in [1.165, 1.54) is 14.2 Å². The van der Waals surface area contributed by atoms with Gasteiger partial charge in [-0.2, -0.15) is 0 Å². The molecule has 160 valence electrons. The number of aromatic amines is 1. The molecule has 2 aromatic carbocycles. The number of methoxy groups -OCH3 is 2. The summed E-state index contributed by atoms with van der Waals surface area (Å²) in [5.74, 6) is -0.652. The number of aryl methyl sites for hydroxylation is 1. The average Bonchev–Trinajstić information content (AvgIpc) is 3.08. The summed E-state index contributed by atoms with van der Waals surface area (Å²) in [4.78, 5) is 40.0. The maximum atomic E-state index is 12.7. The number of carbonyl (C=O) groups excluding carboxylic acids is 3. The molecule has 31 heavy (non-hydrogen) atoms. The molecule has 1 aromatic heterocycles. The van der Waals surface area contributed by atoms with Crippen molar-refractivity contribution in [3.63, 3.8) is 0 Å². The first-order valence-corrected chi connectivity index (χ1v) is 9.49. The van der Waals surface area contributed by atoms with Gasteiger partial charge in [-0.3, -0.25) is 9.59 Å². The first-order valence-electron chi connectivity index (χ1n) is 9.49. The number of hydrogen-bond donors (Lipinski definition) is 3. The van der Waals surface area contributed by atoms with E-state index in [4.69, 9.17) is 9.47 Å². The molecule has 0 saturated carbocycles. The van der Waals surface area contributed by atoms with E-state index in [2.05, 4.69) is 15.6 Å². The number of esters is 1. The number of hydrogen-bond acceptors (Lipinski definition) is 5. The summed E-state index contributed by atoms with van der Waals surface area (Å²) in [6.45, 7) is 3.38. The number of para-hydroxylation sites is 2. The van der Waals surface area contributed by atoms with Crippen LogP contribution in [0.5, 0.6) is 5.75 Å². The molecule has 3 aromatic rings. The number of rotatable bonds is 6. The molecule has 1 heterocycles. The van der Waals surface area contributed by atoms with Gasteiger partial charge in [0.15, 0.2) is 0 Å². The van der Waals surface area contributed by atoms with Gasteiger partial charge in [0.25, 0.3) is 11.8 Å². The molecular formula is C23H23N3O5. The highest BCUT2D eigenvalue weighted by molar-refractivity contribution is 6.08. The van der Waals surface area contributed by atoms with Crippen LogP contribution in [0, 0.1) is 13.8 Å². The molecule has 8 heteroatoms. The third kappa shape index (κ3) is 4.58. The van der Waals surface area contributed by atoms with Crippen molar-refractivity contribution >= 4 is 29.2 Å². The van der Waals surface area contributed by atoms with Crippen LogP contribution in [0.4, 0.5) is 11.4 Å². The summed E-state index contributed by atoms with van der Waals surface area (Å²) >= 11 is 0. The van der Waals surface area contributed by atoms with Gasteiger partial charge < -0.3 is 25.1 Å². The Morgan fingerprint density at radius 3 is 2.19 bits per heavy atom. The Balaban J connectivity index is 1.71. The van der Waals surface area contributed by atoms with Crippen LogP contribution in [0.2, 0.25) is 0 Å². The number of benzene rings is 2. The minimum absolute atomic E-state index is 0.274. The predicted molar refractivity (Wildman–Crippen MR) is 117 cm³/mol. The maximum Gasteiger partial charge on any atom is 0.339 e. The van der Waals surface area contributed by atoms with Crippen molar-refractivity contribution in [3.05, 3.63) is 76.6 Å². The topological polar surface area (TPSA) is 110 Å². The summed E-state index contributed by atoms with van der Waals surface area (Å²) in [5.41, 5.74) is 3.17. The van der Waals surface area contributed by atoms with E-state index in [-0.39, 0.29) is 11.6 Å². The lowest BCUT2D eigenvalue weighted by Gasteiger charge is -2.10. The van der Waals surface area contributed by atoms with Gasteiger partial charge in [0.1, 0.15) is 11.4 Å². The SMILES string of the molecule is COC(=O)c1c(C)[nH]c(C(=O)Nc2ccc(C(=O)Nc3ccccc3OC)cc2)c1C. The lowest BCUT2D eigenvalue weighted by molar-refractivity contribution is 0.0599. The number of anilines is 2. The summed E-state index contributed by atoms with van der Waals surface area (Å²) < 4.78 is 10.0. The van der Waals surface area contributed by atoms with Crippen molar-refractivity contribution in [1.29, 1.82) is 0 Å². The molecule has 3 N–H and O–H groups in total. The molecule has 0 spiro atoms. The molecule has 2 amide bonds. The molecule has 0 saturated heterocycles. The molecule has 0 bridgehead atoms. The maximum absolute atomic E-state index is 12.7. The molecule has 8 nitrogen and oxygen atoms in total. The molecule has 0 unspecified atom stereocenters. The number of aromatic nitrogens is 1. The average molecular weight is 421 g/mol. The Morgan fingerprint density at radius 2 is 1.55 bits per heavy atom. The largest absolute Gasteiger partial charge is 0.495 e. The molecule has 0 atom stereocenters. The molecule has 0 fully saturated rings. The van der Waals surface area contributed by atoms with Crippen molar-refractivity contribution in [2.75, 3.05) is 24.9 Å². The monoisotopic (exact) mass is 421 g/mol. The first-order chi connectivity index (χ1) is 14.8. The highest BCUT2D eigenvalue weighted by atomic mass is 16.5. The first kappa shape index (κ1) is 21.6. The summed E-state index contributed by atoms with van der Waals surface area (Å²) in [6.07, 6.45) is 0. The summed E-state index contributed by atoms with van der Waals surface area (Å²) in [5, 5.41) is 5.55. The Morgan fingerprint density at radius 1 is 0.871 bits per heavy atom. The third-order valence-corrected chi connectivity index (χ3v) is 4.81. The quantitative estimate of drug-likeness (QED) is 0.523. The molecule has 0 aliphatic carbocycles. The highest BCUT2D eigenvalue weighted by Crippen LogP contribution is 2.24. The normalized spacial score (nSPS) is 10.3. The highest BCUT2D eigenvalue weighted by Gasteiger charge is 2.22. The minimum atomic E-state index is -0.504. The Kier molecular flexibility index (Phi) is 6.40. The van der Waals surface area contributed by atoms with Crippen molar-refractivity contribution in [1.82, 2.24) is 4.98 Å². The Bertz CT molecular complexity index is 1130. The second-order valence-electron chi connectivity index (χ2n) is 6.80. The van der Waals surface area contributed by atoms with Gasteiger partial charge in [-0.25, -0.2) is 4.79 Å². The third-order valence-electron chi connectivity index (χ3n) is 4.81. The van der Waals surface area contributed by atoms with Gasteiger partial charge in [-0.15, -0.1) is 0 Å². The number of amides is 2. The zero-order valence-electron chi connectivity index (χ0n) is 17.7. The van der Waals surface area contributed by atoms with E-state index in [9.17, 15) is 14.4 Å². The van der Waals surface area contributed by atoms with Crippen LogP contribution in [0.15, 0.2) is 48.5 Å². The van der Waals surface area contributed by atoms with Crippen molar-refractivity contribution < 1.29 is 23.9 Å². The van der Waals surface area contributed by atoms with Crippen LogP contribution < -0.4 is 15.4 Å². The molecule has 0 aliphatic heterocycles. The van der Waals surface area contributed by atoms with E-state index < -0.39 is 11.9 Å². The number of H-pyrrole nitrogens is 1. The lowest BCUT2D eigenvalue weighted by Crippen LogP contribution is -2.15. The molecular weight excluding hydrogens is 398 g/mol. The van der Waals surface area contributed by atoms with E-state index >= 15 is 0 Å². The van der Waals surface area contributed by atoms with Gasteiger partial charge in [0, 0.05) is 16.9 Å². The van der Waals surface area contributed by atoms with Gasteiger partial charge in [-0.05, 0) is 55.8 Å². The fraction of sp³-hybridized carbons (Fsp3) is 0.174. The number of nitrogens with one attached hydrogen (secondary N) is 3. The fourth-order valence-electron chi connectivity index (χ4n) is 3.23. The van der Waals surface area contributed by atoms with Crippen LogP contribution in [-0.4, -0.2) is 37.0 Å². The second-order valence-corrected chi connectivity index (χ2v) is 6.80. The zero-order chi connectivity index (χ0) is 22.5. The smallest absolute Gasteiger partial charge is 0.339 e. The van der Waals surface area contributed by atoms with Crippen molar-refractivity contribution in [3.8, 4) is 5.75 Å². The van der Waals surface area contributed by atoms with Crippen LogP contribution in [0.1, 0.15) is 42.5 Å². The number of carbonyl (C=O) groups is 3. The van der Waals surface area contributed by atoms with Crippen LogP contribution in [-0.2, 0) is 4.74 Å². The zero-order valence-corrected chi connectivity index (χ0v) is 17.7. The van der Waals surface area contributed by atoms with Gasteiger partial charge in [0.2, 0.25) is 0 Å². The van der Waals surface area contributed by atoms with Crippen LogP contribution in [0.25, 0.3) is 0 Å². The van der Waals surface area contributed by atoms with Crippen molar-refractivity contribution in [2.24, 2.45) is 0 Å². The second kappa shape index (κ2) is 9.17. The fourth-order valence-corrected chi connectivity index (χ4v) is 3.23. The lowest BCUT2D eigenvalue weighted by atomic mass is 10.1. The van der Waals surface area contributed by atoms with E-state index in [1.54, 1.807) is 56.3 Å². The summed E-state index contributed by atoms with van der Waals surface area (Å²) in [7, 11) is 2.82. The van der Waals surface area contributed by atoms with Gasteiger partial charge >= 0.3 is 5.97 Å². The molecule has 3 rings (SSSR count). The minimum Gasteiger partial charge on any atom is -0.495 e. The summed E-state index contributed by atoms with van der Waals surface area (Å²) in [6, 6.07) is 13.6. The van der Waals surface area contributed by atoms with Gasteiger partial charge in [-0.1, -0.05) is 12.1 Å². The number of ether oxygens (including phenoxy) is 2. The van der Waals surface area contributed by atoms with Gasteiger partial charge in [0.05, 0.1) is 25.5 Å². The Labute approximate surface area is 179 Å². The Hall–Kier alpha value is -4.07.